The minimum absolute atomic E-state index is 0.339. The molecule has 0 aromatic heterocycles. The summed E-state index contributed by atoms with van der Waals surface area (Å²) in [5.41, 5.74) is 0. The van der Waals surface area contributed by atoms with Gasteiger partial charge in [0.2, 0.25) is 0 Å². The highest BCUT2D eigenvalue weighted by Crippen LogP contribution is 2.10. The molecule has 1 nitrogen and oxygen atoms in total. The smallest absolute Gasteiger partial charge is 0.0431 e. The van der Waals surface area contributed by atoms with Gasteiger partial charge in [0, 0.05) is 6.61 Å². The SMILES string of the molecule is CCCCCCCCCCC/C=C/CCCCO. The zero-order valence-electron chi connectivity index (χ0n) is 12.5. The zero-order chi connectivity index (χ0) is 13.3. The third-order valence-corrected chi connectivity index (χ3v) is 3.42. The fraction of sp³-hybridized carbons (Fsp3) is 0.882. The highest BCUT2D eigenvalue weighted by molar-refractivity contribution is 4.81. The van der Waals surface area contributed by atoms with Crippen molar-refractivity contribution in [3.63, 3.8) is 0 Å². The molecule has 0 spiro atoms. The molecule has 0 radical (unpaired) electrons. The Balaban J connectivity index is 2.98. The average Bonchev–Trinajstić information content (AvgIpc) is 2.39. The van der Waals surface area contributed by atoms with Crippen molar-refractivity contribution < 1.29 is 5.11 Å². The van der Waals surface area contributed by atoms with E-state index in [1.807, 2.05) is 0 Å². The predicted molar refractivity (Wildman–Crippen MR) is 81.9 cm³/mol. The van der Waals surface area contributed by atoms with Crippen molar-refractivity contribution in [3.8, 4) is 0 Å². The van der Waals surface area contributed by atoms with E-state index in [1.165, 1.54) is 64.2 Å². The molecule has 1 N–H and O–H groups in total. The second-order valence-corrected chi connectivity index (χ2v) is 5.31. The van der Waals surface area contributed by atoms with E-state index in [4.69, 9.17) is 5.11 Å². The summed E-state index contributed by atoms with van der Waals surface area (Å²) >= 11 is 0. The summed E-state index contributed by atoms with van der Waals surface area (Å²) in [6.07, 6.45) is 21.8. The van der Waals surface area contributed by atoms with Crippen LogP contribution < -0.4 is 0 Å². The van der Waals surface area contributed by atoms with Crippen LogP contribution in [0.3, 0.4) is 0 Å². The Morgan fingerprint density at radius 1 is 0.611 bits per heavy atom. The summed E-state index contributed by atoms with van der Waals surface area (Å²) in [4.78, 5) is 0. The van der Waals surface area contributed by atoms with E-state index in [-0.39, 0.29) is 0 Å². The summed E-state index contributed by atoms with van der Waals surface area (Å²) < 4.78 is 0. The molecule has 108 valence electrons. The highest BCUT2D eigenvalue weighted by atomic mass is 16.2. The van der Waals surface area contributed by atoms with Crippen molar-refractivity contribution in [1.82, 2.24) is 0 Å². The van der Waals surface area contributed by atoms with Crippen molar-refractivity contribution in [3.05, 3.63) is 12.2 Å². The zero-order valence-corrected chi connectivity index (χ0v) is 12.5. The molecule has 0 aromatic rings. The Kier molecular flexibility index (Phi) is 16.4. The van der Waals surface area contributed by atoms with Gasteiger partial charge in [-0.3, -0.25) is 0 Å². The first-order chi connectivity index (χ1) is 8.91. The molecule has 0 bridgehead atoms. The van der Waals surface area contributed by atoms with Crippen molar-refractivity contribution in [2.75, 3.05) is 6.61 Å². The predicted octanol–water partition coefficient (Wildman–Crippen LogP) is 5.63. The molecule has 0 saturated carbocycles. The summed E-state index contributed by atoms with van der Waals surface area (Å²) in [6.45, 7) is 2.61. The Labute approximate surface area is 115 Å². The molecule has 0 saturated heterocycles. The topological polar surface area (TPSA) is 20.2 Å². The van der Waals surface area contributed by atoms with Crippen molar-refractivity contribution in [2.45, 2.75) is 90.4 Å². The molecule has 0 aliphatic heterocycles. The summed E-state index contributed by atoms with van der Waals surface area (Å²) in [5, 5.41) is 8.63. The van der Waals surface area contributed by atoms with Gasteiger partial charge in [0.05, 0.1) is 0 Å². The van der Waals surface area contributed by atoms with Crippen LogP contribution in [0.5, 0.6) is 0 Å². The van der Waals surface area contributed by atoms with Gasteiger partial charge in [0.25, 0.3) is 0 Å². The van der Waals surface area contributed by atoms with Crippen molar-refractivity contribution in [2.24, 2.45) is 0 Å². The van der Waals surface area contributed by atoms with E-state index in [0.717, 1.165) is 19.3 Å². The van der Waals surface area contributed by atoms with Crippen LogP contribution >= 0.6 is 0 Å². The molecular formula is C17H34O. The molecule has 0 unspecified atom stereocenters. The van der Waals surface area contributed by atoms with Gasteiger partial charge in [-0.2, -0.15) is 0 Å². The molecule has 0 rings (SSSR count). The molecule has 0 aliphatic carbocycles. The average molecular weight is 254 g/mol. The van der Waals surface area contributed by atoms with Crippen LogP contribution in [0.2, 0.25) is 0 Å². The van der Waals surface area contributed by atoms with Gasteiger partial charge in [-0.25, -0.2) is 0 Å². The van der Waals surface area contributed by atoms with Crippen LogP contribution in [0, 0.1) is 0 Å². The lowest BCUT2D eigenvalue weighted by Gasteiger charge is -2.00. The van der Waals surface area contributed by atoms with E-state index in [0.29, 0.717) is 6.61 Å². The van der Waals surface area contributed by atoms with Gasteiger partial charge < -0.3 is 5.11 Å². The van der Waals surface area contributed by atoms with Gasteiger partial charge in [-0.05, 0) is 32.1 Å². The van der Waals surface area contributed by atoms with Crippen LogP contribution in [0.25, 0.3) is 0 Å². The van der Waals surface area contributed by atoms with Crippen molar-refractivity contribution in [1.29, 1.82) is 0 Å². The first-order valence-electron chi connectivity index (χ1n) is 8.17. The number of rotatable bonds is 14. The van der Waals surface area contributed by atoms with Crippen LogP contribution in [0.1, 0.15) is 90.4 Å². The van der Waals surface area contributed by atoms with Crippen LogP contribution in [0.15, 0.2) is 12.2 Å². The number of aliphatic hydroxyl groups is 1. The second-order valence-electron chi connectivity index (χ2n) is 5.31. The molecule has 0 amide bonds. The maximum absolute atomic E-state index is 8.63. The van der Waals surface area contributed by atoms with Crippen LogP contribution in [-0.4, -0.2) is 11.7 Å². The van der Waals surface area contributed by atoms with E-state index >= 15 is 0 Å². The number of hydrogen-bond acceptors (Lipinski definition) is 1. The standard InChI is InChI=1S/C17H34O/c1-2-3-4-5-6-7-8-9-10-11-12-13-14-15-16-17-18/h12-13,18H,2-11,14-17H2,1H3/b13-12+. The van der Waals surface area contributed by atoms with Crippen molar-refractivity contribution >= 4 is 0 Å². The fourth-order valence-corrected chi connectivity index (χ4v) is 2.18. The molecule has 18 heavy (non-hydrogen) atoms. The van der Waals surface area contributed by atoms with Gasteiger partial charge >= 0.3 is 0 Å². The highest BCUT2D eigenvalue weighted by Gasteiger charge is 1.91. The lowest BCUT2D eigenvalue weighted by molar-refractivity contribution is 0.285. The monoisotopic (exact) mass is 254 g/mol. The molecule has 0 aliphatic rings. The van der Waals surface area contributed by atoms with E-state index < -0.39 is 0 Å². The van der Waals surface area contributed by atoms with Gasteiger partial charge in [0.1, 0.15) is 0 Å². The van der Waals surface area contributed by atoms with E-state index in [1.54, 1.807) is 0 Å². The second kappa shape index (κ2) is 16.7. The molecule has 0 heterocycles. The molecular weight excluding hydrogens is 220 g/mol. The lowest BCUT2D eigenvalue weighted by Crippen LogP contribution is -1.81. The Bertz CT molecular complexity index is 163. The number of unbranched alkanes of at least 4 members (excludes halogenated alkanes) is 11. The first-order valence-corrected chi connectivity index (χ1v) is 8.17. The largest absolute Gasteiger partial charge is 0.396 e. The molecule has 1 heteroatoms. The third kappa shape index (κ3) is 15.7. The number of allylic oxidation sites excluding steroid dienone is 2. The van der Waals surface area contributed by atoms with Crippen LogP contribution in [-0.2, 0) is 0 Å². The number of aliphatic hydroxyl groups excluding tert-OH is 1. The van der Waals surface area contributed by atoms with E-state index in [9.17, 15) is 0 Å². The Morgan fingerprint density at radius 2 is 1.06 bits per heavy atom. The summed E-state index contributed by atoms with van der Waals surface area (Å²) in [6, 6.07) is 0. The molecule has 0 fully saturated rings. The maximum Gasteiger partial charge on any atom is 0.0431 e. The Hall–Kier alpha value is -0.300. The van der Waals surface area contributed by atoms with Gasteiger partial charge in [-0.15, -0.1) is 0 Å². The third-order valence-electron chi connectivity index (χ3n) is 3.42. The van der Waals surface area contributed by atoms with E-state index in [2.05, 4.69) is 19.1 Å². The minimum atomic E-state index is 0.339. The first kappa shape index (κ1) is 17.7. The van der Waals surface area contributed by atoms with Gasteiger partial charge in [-0.1, -0.05) is 70.4 Å². The maximum atomic E-state index is 8.63. The molecule has 0 aromatic carbocycles. The van der Waals surface area contributed by atoms with Gasteiger partial charge in [0.15, 0.2) is 0 Å². The number of hydrogen-bond donors (Lipinski definition) is 1. The summed E-state index contributed by atoms with van der Waals surface area (Å²) in [5.74, 6) is 0. The Morgan fingerprint density at radius 3 is 1.56 bits per heavy atom. The quantitative estimate of drug-likeness (QED) is 0.315. The lowest BCUT2D eigenvalue weighted by atomic mass is 10.1. The van der Waals surface area contributed by atoms with Crippen LogP contribution in [0.4, 0.5) is 0 Å². The minimum Gasteiger partial charge on any atom is -0.396 e. The normalized spacial score (nSPS) is 11.4. The fourth-order valence-electron chi connectivity index (χ4n) is 2.18. The summed E-state index contributed by atoms with van der Waals surface area (Å²) in [7, 11) is 0. The molecule has 0 atom stereocenters.